The van der Waals surface area contributed by atoms with E-state index in [1.54, 1.807) is 0 Å². The molecular weight excluding hydrogens is 403 g/mol. The molecule has 0 aromatic heterocycles. The summed E-state index contributed by atoms with van der Waals surface area (Å²) >= 11 is 0. The van der Waals surface area contributed by atoms with Crippen LogP contribution in [0.4, 0.5) is 0 Å². The van der Waals surface area contributed by atoms with Crippen molar-refractivity contribution in [1.29, 1.82) is 0 Å². The summed E-state index contributed by atoms with van der Waals surface area (Å²) in [6.45, 7) is 5.08. The van der Waals surface area contributed by atoms with Gasteiger partial charge in [-0.25, -0.2) is 9.36 Å². The van der Waals surface area contributed by atoms with E-state index in [4.69, 9.17) is 14.2 Å². The second-order valence-corrected chi connectivity index (χ2v) is 8.98. The van der Waals surface area contributed by atoms with Crippen LogP contribution in [0.3, 0.4) is 0 Å². The Hall–Kier alpha value is -1.12. The number of hydrogen-bond donors (Lipinski definition) is 4. The number of carbonyl (C=O) groups excluding carboxylic acids is 1. The number of aliphatic hydroxyl groups excluding tert-OH is 3. The summed E-state index contributed by atoms with van der Waals surface area (Å²) in [5.41, 5.74) is 0. The number of phosphoric acid groups is 1. The second-order valence-electron chi connectivity index (χ2n) is 7.65. The lowest BCUT2D eigenvalue weighted by atomic mass is 10.00. The molecule has 4 N–H and O–H groups in total. The van der Waals surface area contributed by atoms with Crippen molar-refractivity contribution in [3.8, 4) is 0 Å². The SMILES string of the molecule is CCCCCCCCCC(OP(=O)(O)OC1=C(O)[C@@H](C(O)CO)OC1=O)C(C)C. The van der Waals surface area contributed by atoms with Gasteiger partial charge in [0.05, 0.1) is 12.7 Å². The average Bonchev–Trinajstić information content (AvgIpc) is 2.93. The third kappa shape index (κ3) is 8.64. The highest BCUT2D eigenvalue weighted by Crippen LogP contribution is 2.50. The van der Waals surface area contributed by atoms with Gasteiger partial charge in [-0.2, -0.15) is 0 Å². The van der Waals surface area contributed by atoms with Crippen LogP contribution in [0, 0.1) is 5.92 Å². The van der Waals surface area contributed by atoms with Gasteiger partial charge in [-0.05, 0) is 12.3 Å². The van der Waals surface area contributed by atoms with E-state index < -0.39 is 50.2 Å². The monoisotopic (exact) mass is 438 g/mol. The molecule has 1 aliphatic heterocycles. The molecule has 0 aromatic carbocycles. The van der Waals surface area contributed by atoms with E-state index in [1.807, 2.05) is 13.8 Å². The van der Waals surface area contributed by atoms with Gasteiger partial charge in [-0.15, -0.1) is 0 Å². The molecule has 1 aliphatic rings. The molecule has 0 radical (unpaired) electrons. The summed E-state index contributed by atoms with van der Waals surface area (Å²) in [5.74, 6) is -3.04. The normalized spacial score (nSPS) is 21.2. The number of rotatable bonds is 15. The van der Waals surface area contributed by atoms with Crippen molar-refractivity contribution in [3.63, 3.8) is 0 Å². The quantitative estimate of drug-likeness (QED) is 0.172. The Balaban J connectivity index is 2.62. The number of cyclic esters (lactones) is 1. The first-order valence-electron chi connectivity index (χ1n) is 10.3. The van der Waals surface area contributed by atoms with E-state index in [2.05, 4.69) is 11.7 Å². The number of unbranched alkanes of at least 4 members (excludes halogenated alkanes) is 6. The van der Waals surface area contributed by atoms with Crippen LogP contribution < -0.4 is 0 Å². The van der Waals surface area contributed by atoms with E-state index >= 15 is 0 Å². The number of aliphatic hydroxyl groups is 3. The van der Waals surface area contributed by atoms with Gasteiger partial charge < -0.3 is 24.6 Å². The van der Waals surface area contributed by atoms with Crippen LogP contribution in [0.25, 0.3) is 0 Å². The predicted octanol–water partition coefficient (Wildman–Crippen LogP) is 3.33. The first-order chi connectivity index (χ1) is 13.6. The highest BCUT2D eigenvalue weighted by molar-refractivity contribution is 7.47. The van der Waals surface area contributed by atoms with Gasteiger partial charge in [0, 0.05) is 0 Å². The number of carbonyl (C=O) groups is 1. The topological polar surface area (TPSA) is 143 Å². The summed E-state index contributed by atoms with van der Waals surface area (Å²) in [5, 5.41) is 28.4. The van der Waals surface area contributed by atoms with Gasteiger partial charge >= 0.3 is 13.8 Å². The van der Waals surface area contributed by atoms with Crippen molar-refractivity contribution >= 4 is 13.8 Å². The summed E-state index contributed by atoms with van der Waals surface area (Å²) in [7, 11) is -4.72. The van der Waals surface area contributed by atoms with Crippen LogP contribution in [0.5, 0.6) is 0 Å². The summed E-state index contributed by atoms with van der Waals surface area (Å²) in [4.78, 5) is 21.8. The van der Waals surface area contributed by atoms with Crippen molar-refractivity contribution in [2.24, 2.45) is 5.92 Å². The lowest BCUT2D eigenvalue weighted by Gasteiger charge is -2.23. The van der Waals surface area contributed by atoms with E-state index in [0.29, 0.717) is 6.42 Å². The lowest BCUT2D eigenvalue weighted by molar-refractivity contribution is -0.147. The van der Waals surface area contributed by atoms with Crippen LogP contribution in [0.1, 0.15) is 72.1 Å². The summed E-state index contributed by atoms with van der Waals surface area (Å²) in [6, 6.07) is 0. The molecule has 0 aliphatic carbocycles. The van der Waals surface area contributed by atoms with E-state index in [0.717, 1.165) is 19.3 Å². The van der Waals surface area contributed by atoms with E-state index in [9.17, 15) is 24.5 Å². The number of hydrogen-bond acceptors (Lipinski definition) is 8. The number of ether oxygens (including phenoxy) is 1. The molecule has 4 atom stereocenters. The first kappa shape index (κ1) is 25.9. The minimum Gasteiger partial charge on any atom is -0.505 e. The van der Waals surface area contributed by atoms with Gasteiger partial charge in [0.15, 0.2) is 11.9 Å². The molecule has 0 amide bonds. The van der Waals surface area contributed by atoms with Gasteiger partial charge in [-0.1, -0.05) is 65.7 Å². The van der Waals surface area contributed by atoms with Crippen molar-refractivity contribution in [1.82, 2.24) is 0 Å². The van der Waals surface area contributed by atoms with E-state index in [-0.39, 0.29) is 5.92 Å². The Morgan fingerprint density at radius 2 is 1.72 bits per heavy atom. The molecular formula is C19H35O9P. The fraction of sp³-hybridized carbons (Fsp3) is 0.842. The minimum atomic E-state index is -4.72. The molecule has 0 aromatic rings. The third-order valence-corrected chi connectivity index (χ3v) is 5.72. The smallest absolute Gasteiger partial charge is 0.505 e. The zero-order valence-electron chi connectivity index (χ0n) is 17.5. The third-order valence-electron chi connectivity index (χ3n) is 4.77. The molecule has 0 spiro atoms. The summed E-state index contributed by atoms with van der Waals surface area (Å²) < 4.78 is 27.0. The molecule has 170 valence electrons. The van der Waals surface area contributed by atoms with E-state index in [1.165, 1.54) is 25.7 Å². The Labute approximate surface area is 172 Å². The zero-order chi connectivity index (χ0) is 22.0. The summed E-state index contributed by atoms with van der Waals surface area (Å²) in [6.07, 6.45) is 4.55. The zero-order valence-corrected chi connectivity index (χ0v) is 18.3. The first-order valence-corrected chi connectivity index (χ1v) is 11.8. The van der Waals surface area contributed by atoms with Crippen LogP contribution in [-0.4, -0.2) is 51.1 Å². The maximum atomic E-state index is 12.4. The Kier molecular flexibility index (Phi) is 11.2. The maximum Gasteiger partial charge on any atom is 0.528 e. The Morgan fingerprint density at radius 1 is 1.14 bits per heavy atom. The highest BCUT2D eigenvalue weighted by atomic mass is 31.2. The predicted molar refractivity (Wildman–Crippen MR) is 106 cm³/mol. The fourth-order valence-electron chi connectivity index (χ4n) is 3.02. The Bertz CT molecular complexity index is 590. The fourth-order valence-corrected chi connectivity index (χ4v) is 4.15. The number of phosphoric ester groups is 1. The molecule has 0 saturated carbocycles. The van der Waals surface area contributed by atoms with Gasteiger partial charge in [0.25, 0.3) is 5.76 Å². The molecule has 3 unspecified atom stereocenters. The minimum absolute atomic E-state index is 0.0683. The maximum absolute atomic E-state index is 12.4. The molecule has 9 nitrogen and oxygen atoms in total. The highest BCUT2D eigenvalue weighted by Gasteiger charge is 2.44. The van der Waals surface area contributed by atoms with Gasteiger partial charge in [0.1, 0.15) is 6.10 Å². The molecule has 29 heavy (non-hydrogen) atoms. The standard InChI is InChI=1S/C19H35O9P/c1-4-5-6-7-8-9-10-11-15(13(2)3)27-29(24,25)28-18-16(22)17(14(21)12-20)26-19(18)23/h13-15,17,20-22H,4-12H2,1-3H3,(H,24,25)/t14?,15?,17-/m1/s1. The average molecular weight is 438 g/mol. The van der Waals surface area contributed by atoms with Crippen molar-refractivity contribution in [2.45, 2.75) is 90.4 Å². The van der Waals surface area contributed by atoms with Crippen LogP contribution in [0.2, 0.25) is 0 Å². The number of esters is 1. The van der Waals surface area contributed by atoms with Gasteiger partial charge in [0.2, 0.25) is 0 Å². The largest absolute Gasteiger partial charge is 0.528 e. The van der Waals surface area contributed by atoms with Crippen molar-refractivity contribution in [3.05, 3.63) is 11.5 Å². The molecule has 1 heterocycles. The Morgan fingerprint density at radius 3 is 2.28 bits per heavy atom. The second kappa shape index (κ2) is 12.5. The van der Waals surface area contributed by atoms with Crippen molar-refractivity contribution < 1.29 is 43.4 Å². The lowest BCUT2D eigenvalue weighted by Crippen LogP contribution is -2.31. The van der Waals surface area contributed by atoms with Crippen molar-refractivity contribution in [2.75, 3.05) is 6.61 Å². The van der Waals surface area contributed by atoms with Crippen LogP contribution in [-0.2, 0) is 23.1 Å². The van der Waals surface area contributed by atoms with Crippen LogP contribution >= 0.6 is 7.82 Å². The van der Waals surface area contributed by atoms with Crippen LogP contribution in [0.15, 0.2) is 11.5 Å². The molecule has 0 bridgehead atoms. The molecule has 0 saturated heterocycles. The molecule has 1 rings (SSSR count). The molecule has 10 heteroatoms. The molecule has 0 fully saturated rings. The van der Waals surface area contributed by atoms with Gasteiger partial charge in [-0.3, -0.25) is 9.42 Å².